The second kappa shape index (κ2) is 6.69. The molecule has 17 heavy (non-hydrogen) atoms. The van der Waals surface area contributed by atoms with E-state index in [1.807, 2.05) is 0 Å². The van der Waals surface area contributed by atoms with Crippen molar-refractivity contribution < 1.29 is 14.2 Å². The van der Waals surface area contributed by atoms with Crippen LogP contribution < -0.4 is 5.73 Å². The summed E-state index contributed by atoms with van der Waals surface area (Å²) in [5, 5.41) is 0. The van der Waals surface area contributed by atoms with Gasteiger partial charge in [0.1, 0.15) is 0 Å². The standard InChI is InChI=1S/C13H25NO3/c1-15-6-7-16-13-11(14)8-12(13)17-9-10-4-2-3-5-10/h10-13H,2-9,14H2,1H3. The summed E-state index contributed by atoms with van der Waals surface area (Å²) in [6, 6.07) is 0.139. The van der Waals surface area contributed by atoms with Gasteiger partial charge in [-0.15, -0.1) is 0 Å². The average Bonchev–Trinajstić information content (AvgIpc) is 2.83. The lowest BCUT2D eigenvalue weighted by molar-refractivity contribution is -0.149. The zero-order chi connectivity index (χ0) is 12.1. The molecule has 2 saturated carbocycles. The van der Waals surface area contributed by atoms with Crippen molar-refractivity contribution in [2.24, 2.45) is 11.7 Å². The van der Waals surface area contributed by atoms with Gasteiger partial charge in [-0.3, -0.25) is 0 Å². The average molecular weight is 243 g/mol. The van der Waals surface area contributed by atoms with Crippen LogP contribution in [-0.2, 0) is 14.2 Å². The van der Waals surface area contributed by atoms with Gasteiger partial charge in [-0.25, -0.2) is 0 Å². The Morgan fingerprint density at radius 2 is 1.88 bits per heavy atom. The first kappa shape index (κ1) is 13.3. The molecular formula is C13H25NO3. The molecule has 100 valence electrons. The van der Waals surface area contributed by atoms with Gasteiger partial charge in [-0.2, -0.15) is 0 Å². The van der Waals surface area contributed by atoms with Gasteiger partial charge >= 0.3 is 0 Å². The van der Waals surface area contributed by atoms with E-state index in [-0.39, 0.29) is 18.2 Å². The first-order valence-corrected chi connectivity index (χ1v) is 6.79. The van der Waals surface area contributed by atoms with Crippen LogP contribution in [0, 0.1) is 5.92 Å². The highest BCUT2D eigenvalue weighted by Gasteiger charge is 2.40. The van der Waals surface area contributed by atoms with Gasteiger partial charge in [0.05, 0.1) is 25.4 Å². The van der Waals surface area contributed by atoms with Gasteiger partial charge in [0.2, 0.25) is 0 Å². The maximum atomic E-state index is 5.93. The fourth-order valence-electron chi connectivity index (χ4n) is 2.71. The number of hydrogen-bond acceptors (Lipinski definition) is 4. The maximum Gasteiger partial charge on any atom is 0.0989 e. The van der Waals surface area contributed by atoms with Crippen LogP contribution >= 0.6 is 0 Å². The van der Waals surface area contributed by atoms with E-state index in [4.69, 9.17) is 19.9 Å². The van der Waals surface area contributed by atoms with Crippen molar-refractivity contribution in [3.63, 3.8) is 0 Å². The molecule has 2 aliphatic rings. The molecule has 2 aliphatic carbocycles. The zero-order valence-electron chi connectivity index (χ0n) is 10.8. The molecule has 2 N–H and O–H groups in total. The molecule has 4 heteroatoms. The largest absolute Gasteiger partial charge is 0.382 e. The van der Waals surface area contributed by atoms with E-state index in [1.165, 1.54) is 25.7 Å². The maximum absolute atomic E-state index is 5.93. The lowest BCUT2D eigenvalue weighted by Gasteiger charge is -2.42. The minimum absolute atomic E-state index is 0.0755. The number of ether oxygens (including phenoxy) is 3. The first-order valence-electron chi connectivity index (χ1n) is 6.79. The summed E-state index contributed by atoms with van der Waals surface area (Å²) in [6.07, 6.45) is 6.61. The minimum Gasteiger partial charge on any atom is -0.382 e. The summed E-state index contributed by atoms with van der Waals surface area (Å²) in [7, 11) is 1.68. The molecule has 0 aromatic carbocycles. The third-order valence-corrected chi connectivity index (χ3v) is 3.91. The molecule has 0 amide bonds. The summed E-state index contributed by atoms with van der Waals surface area (Å²) in [5.41, 5.74) is 5.93. The van der Waals surface area contributed by atoms with Crippen LogP contribution in [0.2, 0.25) is 0 Å². The third kappa shape index (κ3) is 3.65. The highest BCUT2D eigenvalue weighted by Crippen LogP contribution is 2.29. The molecule has 0 heterocycles. The van der Waals surface area contributed by atoms with Gasteiger partial charge < -0.3 is 19.9 Å². The molecule has 3 atom stereocenters. The number of rotatable bonds is 7. The van der Waals surface area contributed by atoms with Crippen LogP contribution in [0.25, 0.3) is 0 Å². The van der Waals surface area contributed by atoms with Crippen LogP contribution in [0.1, 0.15) is 32.1 Å². The van der Waals surface area contributed by atoms with Crippen molar-refractivity contribution in [3.05, 3.63) is 0 Å². The second-order valence-electron chi connectivity index (χ2n) is 5.25. The van der Waals surface area contributed by atoms with E-state index in [0.717, 1.165) is 18.9 Å². The van der Waals surface area contributed by atoms with Crippen LogP contribution in [0.4, 0.5) is 0 Å². The zero-order valence-corrected chi connectivity index (χ0v) is 10.8. The van der Waals surface area contributed by atoms with Crippen LogP contribution in [0.3, 0.4) is 0 Å². The highest BCUT2D eigenvalue weighted by atomic mass is 16.6. The fourth-order valence-corrected chi connectivity index (χ4v) is 2.71. The Kier molecular flexibility index (Phi) is 5.22. The van der Waals surface area contributed by atoms with Gasteiger partial charge in [0.25, 0.3) is 0 Å². The van der Waals surface area contributed by atoms with E-state index in [0.29, 0.717) is 13.2 Å². The Balaban J connectivity index is 1.62. The summed E-state index contributed by atoms with van der Waals surface area (Å²) < 4.78 is 16.6. The van der Waals surface area contributed by atoms with Gasteiger partial charge in [0.15, 0.2) is 0 Å². The summed E-state index contributed by atoms with van der Waals surface area (Å²) in [5.74, 6) is 0.770. The van der Waals surface area contributed by atoms with E-state index in [2.05, 4.69) is 0 Å². The normalized spacial score (nSPS) is 33.9. The van der Waals surface area contributed by atoms with Crippen molar-refractivity contribution in [1.82, 2.24) is 0 Å². The smallest absolute Gasteiger partial charge is 0.0989 e. The SMILES string of the molecule is COCCOC1C(N)CC1OCC1CCCC1. The topological polar surface area (TPSA) is 53.7 Å². The summed E-state index contributed by atoms with van der Waals surface area (Å²) in [6.45, 7) is 2.12. The Morgan fingerprint density at radius 3 is 2.53 bits per heavy atom. The van der Waals surface area contributed by atoms with Gasteiger partial charge in [0, 0.05) is 19.8 Å². The minimum atomic E-state index is 0.0755. The van der Waals surface area contributed by atoms with Gasteiger partial charge in [-0.1, -0.05) is 12.8 Å². The Hall–Kier alpha value is -0.160. The third-order valence-electron chi connectivity index (χ3n) is 3.91. The van der Waals surface area contributed by atoms with Crippen molar-refractivity contribution >= 4 is 0 Å². The number of hydrogen-bond donors (Lipinski definition) is 1. The fraction of sp³-hybridized carbons (Fsp3) is 1.00. The summed E-state index contributed by atoms with van der Waals surface area (Å²) in [4.78, 5) is 0. The predicted molar refractivity (Wildman–Crippen MR) is 65.9 cm³/mol. The van der Waals surface area contributed by atoms with Crippen LogP contribution in [0.15, 0.2) is 0 Å². The first-order chi connectivity index (χ1) is 8.31. The Labute approximate surface area is 104 Å². The quantitative estimate of drug-likeness (QED) is 0.685. The molecular weight excluding hydrogens is 218 g/mol. The molecule has 0 spiro atoms. The monoisotopic (exact) mass is 243 g/mol. The van der Waals surface area contributed by atoms with E-state index in [9.17, 15) is 0 Å². The Bertz CT molecular complexity index is 219. The molecule has 3 unspecified atom stereocenters. The van der Waals surface area contributed by atoms with Crippen molar-refractivity contribution in [3.8, 4) is 0 Å². The van der Waals surface area contributed by atoms with E-state index in [1.54, 1.807) is 7.11 Å². The molecule has 2 rings (SSSR count). The lowest BCUT2D eigenvalue weighted by Crippen LogP contribution is -2.58. The molecule has 2 fully saturated rings. The molecule has 0 aliphatic heterocycles. The molecule has 4 nitrogen and oxygen atoms in total. The van der Waals surface area contributed by atoms with Gasteiger partial charge in [-0.05, 0) is 25.2 Å². The molecule has 0 radical (unpaired) electrons. The molecule has 0 aromatic rings. The lowest BCUT2D eigenvalue weighted by atomic mass is 9.86. The Morgan fingerprint density at radius 1 is 1.12 bits per heavy atom. The van der Waals surface area contributed by atoms with E-state index >= 15 is 0 Å². The van der Waals surface area contributed by atoms with Crippen molar-refractivity contribution in [1.29, 1.82) is 0 Å². The number of nitrogens with two attached hydrogens (primary N) is 1. The van der Waals surface area contributed by atoms with Crippen molar-refractivity contribution in [2.45, 2.75) is 50.4 Å². The molecule has 0 bridgehead atoms. The highest BCUT2D eigenvalue weighted by molar-refractivity contribution is 4.95. The molecule has 0 saturated heterocycles. The van der Waals surface area contributed by atoms with Crippen LogP contribution in [-0.4, -0.2) is 45.2 Å². The number of methoxy groups -OCH3 is 1. The second-order valence-corrected chi connectivity index (χ2v) is 5.25. The van der Waals surface area contributed by atoms with Crippen molar-refractivity contribution in [2.75, 3.05) is 26.9 Å². The predicted octanol–water partition coefficient (Wildman–Crippen LogP) is 1.32. The summed E-state index contributed by atoms with van der Waals surface area (Å²) >= 11 is 0. The molecule has 0 aromatic heterocycles. The van der Waals surface area contributed by atoms with E-state index < -0.39 is 0 Å². The van der Waals surface area contributed by atoms with Crippen LogP contribution in [0.5, 0.6) is 0 Å².